The highest BCUT2D eigenvalue weighted by molar-refractivity contribution is 6.30. The molecule has 1 heterocycles. The van der Waals surface area contributed by atoms with Gasteiger partial charge >= 0.3 is 0 Å². The van der Waals surface area contributed by atoms with Gasteiger partial charge < -0.3 is 14.8 Å². The molecule has 1 aromatic heterocycles. The minimum atomic E-state index is 0.354. The van der Waals surface area contributed by atoms with Gasteiger partial charge in [0.05, 0.1) is 12.2 Å². The third kappa shape index (κ3) is 5.94. The average molecular weight is 353 g/mol. The van der Waals surface area contributed by atoms with Crippen molar-refractivity contribution in [3.8, 4) is 11.5 Å². The van der Waals surface area contributed by atoms with E-state index in [0.717, 1.165) is 17.0 Å². The fourth-order valence-corrected chi connectivity index (χ4v) is 2.04. The fourth-order valence-electron chi connectivity index (χ4n) is 1.87. The maximum Gasteiger partial charge on any atom is 0.221 e. The lowest BCUT2D eigenvalue weighted by Gasteiger charge is -2.15. The molecule has 7 nitrogen and oxygen atoms in total. The number of nitrogens with two attached hydrogens (primary N) is 1. The number of carbonyl (C=O) groups is 1. The van der Waals surface area contributed by atoms with Gasteiger partial charge in [0.15, 0.2) is 10.9 Å². The summed E-state index contributed by atoms with van der Waals surface area (Å²) in [6.45, 7) is 2.92. The zero-order chi connectivity index (χ0) is 17.8. The van der Waals surface area contributed by atoms with Gasteiger partial charge in [-0.05, 0) is 31.2 Å². The van der Waals surface area contributed by atoms with Crippen LogP contribution in [0.4, 0.5) is 5.69 Å². The highest BCUT2D eigenvalue weighted by Gasteiger charge is 2.10. The molecule has 0 radical (unpaired) electrons. The van der Waals surface area contributed by atoms with Gasteiger partial charge in [-0.15, -0.1) is 0 Å². The Labute approximate surface area is 146 Å². The summed E-state index contributed by atoms with van der Waals surface area (Å²) in [7, 11) is 1.87. The first-order valence-corrected chi connectivity index (χ1v) is 7.61. The molecule has 0 aliphatic rings. The van der Waals surface area contributed by atoms with E-state index in [1.54, 1.807) is 23.8 Å². The molecule has 0 aliphatic heterocycles. The number of nitrogens with zero attached hydrogens (tertiary/aromatic N) is 1. The van der Waals surface area contributed by atoms with Crippen molar-refractivity contribution in [1.29, 1.82) is 0 Å². The van der Waals surface area contributed by atoms with Crippen LogP contribution in [0.5, 0.6) is 11.5 Å². The van der Waals surface area contributed by atoms with Crippen LogP contribution < -0.4 is 26.1 Å². The number of ether oxygens (including phenoxy) is 2. The molecule has 0 fully saturated rings. The van der Waals surface area contributed by atoms with Gasteiger partial charge in [0.1, 0.15) is 12.4 Å². The normalized spacial score (nSPS) is 9.33. The second-order valence-corrected chi connectivity index (χ2v) is 4.69. The molecule has 0 spiro atoms. The second kappa shape index (κ2) is 11.1. The van der Waals surface area contributed by atoms with Crippen LogP contribution in [0.2, 0.25) is 5.15 Å². The number of benzene rings is 1. The van der Waals surface area contributed by atoms with E-state index in [9.17, 15) is 0 Å². The Kier molecular flexibility index (Phi) is 9.03. The number of anilines is 1. The largest absolute Gasteiger partial charge is 0.493 e. The molecule has 2 aromatic rings. The first kappa shape index (κ1) is 19.5. The Bertz CT molecular complexity index is 640. The number of amides is 1. The van der Waals surface area contributed by atoms with Crippen LogP contribution in [0.15, 0.2) is 36.5 Å². The molecule has 24 heavy (non-hydrogen) atoms. The quantitative estimate of drug-likeness (QED) is 0.233. The summed E-state index contributed by atoms with van der Waals surface area (Å²) in [5, 5.41) is 3.49. The van der Waals surface area contributed by atoms with Gasteiger partial charge in [0, 0.05) is 18.9 Å². The van der Waals surface area contributed by atoms with Crippen LogP contribution >= 0.6 is 11.6 Å². The van der Waals surface area contributed by atoms with Crippen LogP contribution in [0.3, 0.4) is 0 Å². The van der Waals surface area contributed by atoms with Crippen molar-refractivity contribution in [2.45, 2.75) is 13.5 Å². The molecule has 130 valence electrons. The predicted molar refractivity (Wildman–Crippen MR) is 94.1 cm³/mol. The predicted octanol–water partition coefficient (Wildman–Crippen LogP) is 2.36. The van der Waals surface area contributed by atoms with Crippen molar-refractivity contribution in [2.75, 3.05) is 19.0 Å². The lowest BCUT2D eigenvalue weighted by atomic mass is 10.1. The van der Waals surface area contributed by atoms with Crippen molar-refractivity contribution >= 4 is 23.7 Å². The average Bonchev–Trinajstić information content (AvgIpc) is 2.62. The van der Waals surface area contributed by atoms with Gasteiger partial charge in [0.2, 0.25) is 6.41 Å². The summed E-state index contributed by atoms with van der Waals surface area (Å²) in [6.07, 6.45) is 2.03. The minimum absolute atomic E-state index is 0.354. The number of halogens is 1. The first-order valence-electron chi connectivity index (χ1n) is 7.23. The lowest BCUT2D eigenvalue weighted by molar-refractivity contribution is -0.109. The summed E-state index contributed by atoms with van der Waals surface area (Å²) in [5.74, 6) is 5.77. The number of hydrogen-bond donors (Lipinski definition) is 3. The molecule has 8 heteroatoms. The first-order chi connectivity index (χ1) is 11.7. The standard InChI is InChI=1S/C15H17ClN2O2.CH4N2O/c1-3-19-13-7-4-6-12(17-2)11(13)10-20-14-8-5-9-18-15(14)16;2-3-1-4/h4-9,17H,3,10H2,1-2H3;1H,2H2,(H,3,4). The monoisotopic (exact) mass is 352 g/mol. The summed E-state index contributed by atoms with van der Waals surface area (Å²) < 4.78 is 11.4. The summed E-state index contributed by atoms with van der Waals surface area (Å²) in [5.41, 5.74) is 3.67. The Morgan fingerprint density at radius 2 is 1.96 bits per heavy atom. The van der Waals surface area contributed by atoms with Gasteiger partial charge in [-0.2, -0.15) is 0 Å². The van der Waals surface area contributed by atoms with Crippen LogP contribution in [0.1, 0.15) is 12.5 Å². The van der Waals surface area contributed by atoms with Gasteiger partial charge in [0.25, 0.3) is 0 Å². The van der Waals surface area contributed by atoms with Crippen LogP contribution in [0.25, 0.3) is 0 Å². The number of aromatic nitrogens is 1. The lowest BCUT2D eigenvalue weighted by Crippen LogP contribution is -2.18. The molecule has 0 saturated heterocycles. The van der Waals surface area contributed by atoms with Gasteiger partial charge in [-0.1, -0.05) is 17.7 Å². The van der Waals surface area contributed by atoms with E-state index in [2.05, 4.69) is 16.1 Å². The fraction of sp³-hybridized carbons (Fsp3) is 0.250. The Hall–Kier alpha value is -2.51. The topological polar surface area (TPSA) is 98.5 Å². The highest BCUT2D eigenvalue weighted by Crippen LogP contribution is 2.29. The van der Waals surface area contributed by atoms with Crippen molar-refractivity contribution in [3.05, 3.63) is 47.2 Å². The van der Waals surface area contributed by atoms with E-state index < -0.39 is 0 Å². The van der Waals surface area contributed by atoms with Crippen LogP contribution in [-0.4, -0.2) is 25.0 Å². The van der Waals surface area contributed by atoms with Gasteiger partial charge in [-0.3, -0.25) is 10.2 Å². The third-order valence-electron chi connectivity index (χ3n) is 2.87. The Balaban J connectivity index is 0.000000648. The Morgan fingerprint density at radius 1 is 1.25 bits per heavy atom. The zero-order valence-electron chi connectivity index (χ0n) is 13.6. The molecule has 0 atom stereocenters. The Morgan fingerprint density at radius 3 is 2.54 bits per heavy atom. The number of carbonyl (C=O) groups excluding carboxylic acids is 1. The summed E-state index contributed by atoms with van der Waals surface area (Å²) in [4.78, 5) is 12.9. The third-order valence-corrected chi connectivity index (χ3v) is 3.15. The molecule has 0 bridgehead atoms. The number of pyridine rings is 1. The second-order valence-electron chi connectivity index (χ2n) is 4.33. The van der Waals surface area contributed by atoms with Crippen molar-refractivity contribution in [2.24, 2.45) is 5.84 Å². The summed E-state index contributed by atoms with van der Waals surface area (Å²) in [6, 6.07) is 9.42. The number of nitrogens with one attached hydrogen (secondary N) is 2. The molecule has 1 aromatic carbocycles. The smallest absolute Gasteiger partial charge is 0.221 e. The van der Waals surface area contributed by atoms with Crippen molar-refractivity contribution < 1.29 is 14.3 Å². The molecule has 0 aliphatic carbocycles. The summed E-state index contributed by atoms with van der Waals surface area (Å²) >= 11 is 5.98. The number of rotatable bonds is 7. The number of hydrogen-bond acceptors (Lipinski definition) is 6. The minimum Gasteiger partial charge on any atom is -0.493 e. The van der Waals surface area contributed by atoms with E-state index in [1.165, 1.54) is 0 Å². The van der Waals surface area contributed by atoms with E-state index >= 15 is 0 Å². The highest BCUT2D eigenvalue weighted by atomic mass is 35.5. The van der Waals surface area contributed by atoms with E-state index in [1.807, 2.05) is 32.2 Å². The molecule has 2 rings (SSSR count). The molecular formula is C16H21ClN4O3. The van der Waals surface area contributed by atoms with Crippen molar-refractivity contribution in [3.63, 3.8) is 0 Å². The molecule has 0 unspecified atom stereocenters. The van der Waals surface area contributed by atoms with E-state index in [4.69, 9.17) is 25.9 Å². The van der Waals surface area contributed by atoms with Crippen LogP contribution in [0, 0.1) is 0 Å². The maximum absolute atomic E-state index is 8.94. The molecule has 1 amide bonds. The molecule has 4 N–H and O–H groups in total. The zero-order valence-corrected chi connectivity index (χ0v) is 14.3. The van der Waals surface area contributed by atoms with Crippen molar-refractivity contribution in [1.82, 2.24) is 10.4 Å². The maximum atomic E-state index is 8.94. The van der Waals surface area contributed by atoms with Crippen LogP contribution in [-0.2, 0) is 11.4 Å². The van der Waals surface area contributed by atoms with Gasteiger partial charge in [-0.25, -0.2) is 10.8 Å². The molecule has 0 saturated carbocycles. The van der Waals surface area contributed by atoms with E-state index in [-0.39, 0.29) is 0 Å². The number of hydrazine groups is 1. The molecular weight excluding hydrogens is 332 g/mol. The SMILES string of the molecule is CCOc1cccc(NC)c1COc1cccnc1Cl.NNC=O. The van der Waals surface area contributed by atoms with E-state index in [0.29, 0.717) is 30.5 Å².